The monoisotopic (exact) mass is 379 g/mol. The fraction of sp³-hybridized carbons (Fsp3) is 0.450. The van der Waals surface area contributed by atoms with Crippen LogP contribution in [0.1, 0.15) is 12.6 Å². The molecule has 2 aromatic heterocycles. The van der Waals surface area contributed by atoms with Gasteiger partial charge in [0.25, 0.3) is 0 Å². The lowest BCUT2D eigenvalue weighted by Crippen LogP contribution is -2.45. The van der Waals surface area contributed by atoms with Gasteiger partial charge < -0.3 is 19.9 Å². The molecule has 2 aliphatic rings. The van der Waals surface area contributed by atoms with Crippen LogP contribution < -0.4 is 21.1 Å². The van der Waals surface area contributed by atoms with Gasteiger partial charge in [0, 0.05) is 45.6 Å². The lowest BCUT2D eigenvalue weighted by Gasteiger charge is -2.28. The van der Waals surface area contributed by atoms with Crippen molar-refractivity contribution in [3.8, 4) is 11.8 Å². The Bertz CT molecular complexity index is 983. The number of pyridine rings is 1. The van der Waals surface area contributed by atoms with Gasteiger partial charge in [-0.3, -0.25) is 9.55 Å². The van der Waals surface area contributed by atoms with Crippen molar-refractivity contribution in [2.45, 2.75) is 26.4 Å². The zero-order valence-electron chi connectivity index (χ0n) is 16.3. The lowest BCUT2D eigenvalue weighted by molar-refractivity contribution is -0.0290. The Kier molecular flexibility index (Phi) is 5.55. The molecule has 0 amide bonds. The summed E-state index contributed by atoms with van der Waals surface area (Å²) in [5, 5.41) is 4.35. The van der Waals surface area contributed by atoms with Crippen LogP contribution in [0, 0.1) is 11.8 Å². The smallest absolute Gasteiger partial charge is 0.230 e. The Hall–Kier alpha value is -2.89. The van der Waals surface area contributed by atoms with Crippen LogP contribution in [-0.4, -0.2) is 59.0 Å². The molecule has 1 saturated heterocycles. The van der Waals surface area contributed by atoms with Crippen LogP contribution in [0.25, 0.3) is 6.20 Å². The molecule has 2 aromatic rings. The first-order chi connectivity index (χ1) is 13.8. The van der Waals surface area contributed by atoms with Gasteiger partial charge in [-0.1, -0.05) is 12.0 Å². The Balaban J connectivity index is 1.64. The third-order valence-corrected chi connectivity index (χ3v) is 4.79. The molecule has 1 atom stereocenters. The topological polar surface area (TPSA) is 70.8 Å². The second-order valence-electron chi connectivity index (χ2n) is 6.75. The van der Waals surface area contributed by atoms with Crippen molar-refractivity contribution >= 4 is 12.1 Å². The number of nitrogens with one attached hydrogen (secondary N) is 1. The van der Waals surface area contributed by atoms with E-state index in [1.54, 1.807) is 6.20 Å². The van der Waals surface area contributed by atoms with E-state index in [4.69, 9.17) is 14.7 Å². The van der Waals surface area contributed by atoms with Crippen molar-refractivity contribution in [3.63, 3.8) is 0 Å². The zero-order chi connectivity index (χ0) is 19.3. The molecule has 2 aliphatic heterocycles. The summed E-state index contributed by atoms with van der Waals surface area (Å²) in [4.78, 5) is 18.1. The minimum absolute atomic E-state index is 0.398. The van der Waals surface area contributed by atoms with Crippen LogP contribution in [0.3, 0.4) is 0 Å². The third-order valence-electron chi connectivity index (χ3n) is 4.79. The minimum Gasteiger partial charge on any atom is -0.340 e. The first-order valence-corrected chi connectivity index (χ1v) is 9.51. The maximum absolute atomic E-state index is 5.98. The van der Waals surface area contributed by atoms with E-state index in [0.717, 1.165) is 43.2 Å². The molecular weight excluding hydrogens is 354 g/mol. The highest BCUT2D eigenvalue weighted by molar-refractivity contribution is 5.36. The number of ether oxygens (including phenoxy) is 1. The van der Waals surface area contributed by atoms with Crippen LogP contribution in [0.2, 0.25) is 0 Å². The zero-order valence-corrected chi connectivity index (χ0v) is 16.3. The molecule has 0 spiro atoms. The van der Waals surface area contributed by atoms with E-state index in [1.807, 2.05) is 43.3 Å². The Morgan fingerprint density at radius 3 is 2.89 bits per heavy atom. The highest BCUT2D eigenvalue weighted by atomic mass is 16.5. The van der Waals surface area contributed by atoms with E-state index in [0.29, 0.717) is 18.6 Å². The minimum atomic E-state index is -0.425. The molecule has 0 aliphatic carbocycles. The fourth-order valence-electron chi connectivity index (χ4n) is 3.33. The molecule has 1 fully saturated rings. The summed E-state index contributed by atoms with van der Waals surface area (Å²) in [7, 11) is 1.96. The molecule has 0 saturated carbocycles. The van der Waals surface area contributed by atoms with Gasteiger partial charge in [0.1, 0.15) is 5.35 Å². The standard InChI is InChI=1S/C20H25N7O/c1-3-4-11-27-17-14-25(2)20(28-15-16-7-5-6-8-22-16)24-18(17)23-19(27)26-12-9-21-10-13-26/h5-8,14,20-21H,9-13,15H2,1-2H3. The van der Waals surface area contributed by atoms with Crippen LogP contribution in [0.4, 0.5) is 5.95 Å². The molecule has 0 aromatic carbocycles. The van der Waals surface area contributed by atoms with Crippen molar-refractivity contribution in [1.82, 2.24) is 24.8 Å². The number of imidazole rings is 1. The highest BCUT2D eigenvalue weighted by Gasteiger charge is 2.22. The van der Waals surface area contributed by atoms with Gasteiger partial charge in [-0.15, -0.1) is 5.92 Å². The number of piperazine rings is 1. The van der Waals surface area contributed by atoms with Gasteiger partial charge in [0.05, 0.1) is 18.8 Å². The SMILES string of the molecule is CC#CCn1c(N2CCNCC2)nc2c1=CN(C)C(OCc1ccccn1)N=2. The Morgan fingerprint density at radius 2 is 2.14 bits per heavy atom. The van der Waals surface area contributed by atoms with Gasteiger partial charge >= 0.3 is 0 Å². The predicted molar refractivity (Wildman–Crippen MR) is 107 cm³/mol. The first-order valence-electron chi connectivity index (χ1n) is 9.51. The van der Waals surface area contributed by atoms with Crippen LogP contribution in [0.5, 0.6) is 0 Å². The Morgan fingerprint density at radius 1 is 1.29 bits per heavy atom. The molecular formula is C20H25N7O. The summed E-state index contributed by atoms with van der Waals surface area (Å²) < 4.78 is 8.12. The van der Waals surface area contributed by atoms with E-state index < -0.39 is 6.35 Å². The van der Waals surface area contributed by atoms with Crippen molar-refractivity contribution in [2.24, 2.45) is 4.99 Å². The van der Waals surface area contributed by atoms with Gasteiger partial charge in [-0.05, 0) is 19.1 Å². The van der Waals surface area contributed by atoms with Crippen LogP contribution >= 0.6 is 0 Å². The van der Waals surface area contributed by atoms with E-state index in [1.165, 1.54) is 0 Å². The number of fused-ring (bicyclic) bond motifs is 1. The summed E-state index contributed by atoms with van der Waals surface area (Å²) in [5.41, 5.74) is 1.58. The van der Waals surface area contributed by atoms with Gasteiger partial charge in [-0.25, -0.2) is 4.99 Å². The fourth-order valence-corrected chi connectivity index (χ4v) is 3.33. The van der Waals surface area contributed by atoms with Crippen molar-refractivity contribution in [3.05, 3.63) is 40.9 Å². The van der Waals surface area contributed by atoms with E-state index in [2.05, 4.69) is 31.6 Å². The first kappa shape index (κ1) is 18.5. The second kappa shape index (κ2) is 8.42. The molecule has 28 heavy (non-hydrogen) atoms. The van der Waals surface area contributed by atoms with Crippen LogP contribution in [0.15, 0.2) is 29.4 Å². The maximum Gasteiger partial charge on any atom is 0.230 e. The number of hydrogen-bond donors (Lipinski definition) is 1. The van der Waals surface area contributed by atoms with E-state index in [9.17, 15) is 0 Å². The van der Waals surface area contributed by atoms with Gasteiger partial charge in [0.15, 0.2) is 5.49 Å². The molecule has 8 nitrogen and oxygen atoms in total. The molecule has 146 valence electrons. The predicted octanol–water partition coefficient (Wildman–Crippen LogP) is -0.486. The van der Waals surface area contributed by atoms with Crippen molar-refractivity contribution in [2.75, 3.05) is 38.1 Å². The molecule has 1 N–H and O–H groups in total. The third kappa shape index (κ3) is 3.86. The molecule has 0 bridgehead atoms. The average molecular weight is 379 g/mol. The molecule has 4 heterocycles. The largest absolute Gasteiger partial charge is 0.340 e. The Labute approximate surface area is 164 Å². The second-order valence-corrected chi connectivity index (χ2v) is 6.75. The number of nitrogens with zero attached hydrogens (tertiary/aromatic N) is 6. The molecule has 1 unspecified atom stereocenters. The van der Waals surface area contributed by atoms with E-state index in [-0.39, 0.29) is 0 Å². The van der Waals surface area contributed by atoms with Gasteiger partial charge in [0.2, 0.25) is 12.3 Å². The molecule has 8 heteroatoms. The van der Waals surface area contributed by atoms with Crippen molar-refractivity contribution < 1.29 is 4.74 Å². The number of anilines is 1. The maximum atomic E-state index is 5.98. The number of aromatic nitrogens is 3. The number of hydrogen-bond acceptors (Lipinski definition) is 7. The molecule has 0 radical (unpaired) electrons. The normalized spacial score (nSPS) is 18.6. The quantitative estimate of drug-likeness (QED) is 0.708. The van der Waals surface area contributed by atoms with Gasteiger partial charge in [-0.2, -0.15) is 4.98 Å². The summed E-state index contributed by atoms with van der Waals surface area (Å²) in [6.07, 6.45) is 3.38. The average Bonchev–Trinajstić information content (AvgIpc) is 3.09. The molecule has 4 rings (SSSR count). The highest BCUT2D eigenvalue weighted by Crippen LogP contribution is 2.11. The lowest BCUT2D eigenvalue weighted by atomic mass is 10.4. The van der Waals surface area contributed by atoms with Crippen molar-refractivity contribution in [1.29, 1.82) is 0 Å². The van der Waals surface area contributed by atoms with E-state index >= 15 is 0 Å². The summed E-state index contributed by atoms with van der Waals surface area (Å²) in [5.74, 6) is 7.07. The number of rotatable bonds is 5. The summed E-state index contributed by atoms with van der Waals surface area (Å²) in [6, 6.07) is 5.79. The summed E-state index contributed by atoms with van der Waals surface area (Å²) >= 11 is 0. The van der Waals surface area contributed by atoms with Crippen LogP contribution in [-0.2, 0) is 17.9 Å². The summed E-state index contributed by atoms with van der Waals surface area (Å²) in [6.45, 7) is 6.60.